The summed E-state index contributed by atoms with van der Waals surface area (Å²) in [6, 6.07) is 1.50. The Morgan fingerprint density at radius 2 is 2.18 bits per heavy atom. The third-order valence-corrected chi connectivity index (χ3v) is 3.62. The monoisotopic (exact) mass is 306 g/mol. The Kier molecular flexibility index (Phi) is 4.95. The quantitative estimate of drug-likeness (QED) is 0.840. The maximum absolute atomic E-state index is 12.6. The largest absolute Gasteiger partial charge is 0.354 e. The second-order valence-electron chi connectivity index (χ2n) is 6.10. The average Bonchev–Trinajstić information content (AvgIpc) is 2.59. The smallest absolute Gasteiger partial charge is 0.345 e. The van der Waals surface area contributed by atoms with Crippen molar-refractivity contribution in [2.24, 2.45) is 5.92 Å². The molecule has 2 amide bonds. The zero-order valence-electron chi connectivity index (χ0n) is 13.2. The van der Waals surface area contributed by atoms with Gasteiger partial charge in [-0.25, -0.2) is 4.79 Å². The van der Waals surface area contributed by atoms with Crippen molar-refractivity contribution in [1.82, 2.24) is 20.2 Å². The third-order valence-electron chi connectivity index (χ3n) is 3.62. The molecule has 1 aliphatic heterocycles. The fourth-order valence-electron chi connectivity index (χ4n) is 2.52. The molecule has 1 aromatic rings. The number of hydrogen-bond donors (Lipinski definition) is 2. The van der Waals surface area contributed by atoms with E-state index in [2.05, 4.69) is 15.3 Å². The van der Waals surface area contributed by atoms with Crippen LogP contribution in [0.4, 0.5) is 0 Å². The van der Waals surface area contributed by atoms with E-state index in [1.807, 2.05) is 20.8 Å². The summed E-state index contributed by atoms with van der Waals surface area (Å²) in [5.41, 5.74) is 0.328. The van der Waals surface area contributed by atoms with Gasteiger partial charge in [0.15, 0.2) is 0 Å². The number of carbonyl (C=O) groups excluding carboxylic acids is 2. The molecule has 1 atom stereocenters. The molecule has 1 aromatic heterocycles. The summed E-state index contributed by atoms with van der Waals surface area (Å²) in [7, 11) is 0. The van der Waals surface area contributed by atoms with E-state index >= 15 is 0 Å². The van der Waals surface area contributed by atoms with E-state index in [0.717, 1.165) is 0 Å². The van der Waals surface area contributed by atoms with Gasteiger partial charge in [-0.15, -0.1) is 0 Å². The summed E-state index contributed by atoms with van der Waals surface area (Å²) in [6.07, 6.45) is 0.936. The van der Waals surface area contributed by atoms with Crippen LogP contribution in [0, 0.1) is 5.92 Å². The highest BCUT2D eigenvalue weighted by Crippen LogP contribution is 2.11. The molecule has 2 rings (SSSR count). The number of hydrogen-bond acceptors (Lipinski definition) is 4. The number of nitrogens with zero attached hydrogens (tertiary/aromatic N) is 2. The zero-order valence-corrected chi connectivity index (χ0v) is 13.2. The molecule has 0 saturated carbocycles. The normalized spacial score (nSPS) is 19.0. The van der Waals surface area contributed by atoms with Gasteiger partial charge in [-0.05, 0) is 25.3 Å². The van der Waals surface area contributed by atoms with Gasteiger partial charge in [-0.3, -0.25) is 9.59 Å². The molecule has 0 radical (unpaired) electrons. The highest BCUT2D eigenvalue weighted by molar-refractivity contribution is 5.93. The Bertz CT molecular complexity index is 623. The van der Waals surface area contributed by atoms with Crippen LogP contribution in [0.15, 0.2) is 10.9 Å². The predicted molar refractivity (Wildman–Crippen MR) is 81.5 cm³/mol. The van der Waals surface area contributed by atoms with Gasteiger partial charge in [0.05, 0.1) is 0 Å². The van der Waals surface area contributed by atoms with Crippen LogP contribution in [-0.2, 0) is 11.2 Å². The molecule has 1 aliphatic rings. The topological polar surface area (TPSA) is 95.2 Å². The fraction of sp³-hybridized carbons (Fsp3) is 0.600. The summed E-state index contributed by atoms with van der Waals surface area (Å²) < 4.78 is 0. The second kappa shape index (κ2) is 6.72. The van der Waals surface area contributed by atoms with Crippen molar-refractivity contribution < 1.29 is 9.59 Å². The van der Waals surface area contributed by atoms with Crippen molar-refractivity contribution in [3.63, 3.8) is 0 Å². The molecule has 0 unspecified atom stereocenters. The van der Waals surface area contributed by atoms with Crippen LogP contribution in [-0.4, -0.2) is 45.8 Å². The van der Waals surface area contributed by atoms with Gasteiger partial charge >= 0.3 is 5.69 Å². The maximum atomic E-state index is 12.6. The van der Waals surface area contributed by atoms with E-state index in [9.17, 15) is 14.4 Å². The van der Waals surface area contributed by atoms with E-state index in [-0.39, 0.29) is 30.0 Å². The van der Waals surface area contributed by atoms with Gasteiger partial charge in [0.25, 0.3) is 5.91 Å². The van der Waals surface area contributed by atoms with Crippen molar-refractivity contribution in [2.75, 3.05) is 13.1 Å². The predicted octanol–water partition coefficient (Wildman–Crippen LogP) is 0.319. The standard InChI is InChI=1S/C15H22N4O3/c1-9(2)6-11-7-12(18-15(22)17-11)14(21)19-5-4-13(20)16-8-10(19)3/h7,9-10H,4-6,8H2,1-3H3,(H,16,20)(H,17,18,22)/t10-/m1/s1. The van der Waals surface area contributed by atoms with Crippen LogP contribution in [0.1, 0.15) is 43.4 Å². The number of aromatic nitrogens is 2. The lowest BCUT2D eigenvalue weighted by Gasteiger charge is -2.26. The van der Waals surface area contributed by atoms with E-state index in [1.165, 1.54) is 0 Å². The Hall–Kier alpha value is -2.18. The summed E-state index contributed by atoms with van der Waals surface area (Å²) in [4.78, 5) is 43.8. The lowest BCUT2D eigenvalue weighted by atomic mass is 10.1. The van der Waals surface area contributed by atoms with Crippen molar-refractivity contribution >= 4 is 11.8 Å². The summed E-state index contributed by atoms with van der Waals surface area (Å²) >= 11 is 0. The highest BCUT2D eigenvalue weighted by atomic mass is 16.2. The number of aromatic amines is 1. The van der Waals surface area contributed by atoms with E-state index in [0.29, 0.717) is 31.1 Å². The zero-order chi connectivity index (χ0) is 16.3. The summed E-state index contributed by atoms with van der Waals surface area (Å²) in [5.74, 6) is -0.0124. The molecule has 7 heteroatoms. The average molecular weight is 306 g/mol. The molecule has 0 aliphatic carbocycles. The summed E-state index contributed by atoms with van der Waals surface area (Å²) in [5, 5.41) is 2.76. The van der Waals surface area contributed by atoms with Crippen molar-refractivity contribution in [3.8, 4) is 0 Å². The van der Waals surface area contributed by atoms with Gasteiger partial charge in [-0.1, -0.05) is 13.8 Å². The number of H-pyrrole nitrogens is 1. The molecule has 1 fully saturated rings. The molecule has 0 aromatic carbocycles. The van der Waals surface area contributed by atoms with Crippen LogP contribution in [0.25, 0.3) is 0 Å². The minimum atomic E-state index is -0.516. The molecule has 2 N–H and O–H groups in total. The van der Waals surface area contributed by atoms with Crippen LogP contribution in [0.5, 0.6) is 0 Å². The van der Waals surface area contributed by atoms with Gasteiger partial charge in [0.1, 0.15) is 5.69 Å². The third kappa shape index (κ3) is 3.93. The minimum absolute atomic E-state index is 0.0680. The first-order valence-electron chi connectivity index (χ1n) is 7.54. The molecular formula is C15H22N4O3. The van der Waals surface area contributed by atoms with Crippen LogP contribution >= 0.6 is 0 Å². The maximum Gasteiger partial charge on any atom is 0.345 e. The van der Waals surface area contributed by atoms with Crippen molar-refractivity contribution in [1.29, 1.82) is 0 Å². The molecule has 2 heterocycles. The lowest BCUT2D eigenvalue weighted by molar-refractivity contribution is -0.120. The first kappa shape index (κ1) is 16.2. The minimum Gasteiger partial charge on any atom is -0.354 e. The summed E-state index contributed by atoms with van der Waals surface area (Å²) in [6.45, 7) is 6.68. The molecular weight excluding hydrogens is 284 g/mol. The van der Waals surface area contributed by atoms with E-state index in [1.54, 1.807) is 11.0 Å². The van der Waals surface area contributed by atoms with Gasteiger partial charge in [0.2, 0.25) is 5.91 Å². The second-order valence-corrected chi connectivity index (χ2v) is 6.10. The number of amides is 2. The Labute approximate surface area is 129 Å². The van der Waals surface area contributed by atoms with Gasteiger partial charge < -0.3 is 15.2 Å². The van der Waals surface area contributed by atoms with Crippen molar-refractivity contribution in [3.05, 3.63) is 27.9 Å². The molecule has 7 nitrogen and oxygen atoms in total. The van der Waals surface area contributed by atoms with Crippen molar-refractivity contribution in [2.45, 2.75) is 39.7 Å². The van der Waals surface area contributed by atoms with E-state index in [4.69, 9.17) is 0 Å². The highest BCUT2D eigenvalue weighted by Gasteiger charge is 2.26. The lowest BCUT2D eigenvalue weighted by Crippen LogP contribution is -2.42. The number of rotatable bonds is 3. The van der Waals surface area contributed by atoms with Crippen LogP contribution < -0.4 is 11.0 Å². The van der Waals surface area contributed by atoms with Gasteiger partial charge in [-0.2, -0.15) is 4.98 Å². The van der Waals surface area contributed by atoms with Crippen LogP contribution in [0.2, 0.25) is 0 Å². The molecule has 1 saturated heterocycles. The molecule has 0 bridgehead atoms. The Morgan fingerprint density at radius 3 is 2.86 bits per heavy atom. The molecule has 120 valence electrons. The Morgan fingerprint density at radius 1 is 1.45 bits per heavy atom. The van der Waals surface area contributed by atoms with Gasteiger partial charge in [0, 0.05) is 31.2 Å². The molecule has 22 heavy (non-hydrogen) atoms. The Balaban J connectivity index is 2.26. The SMILES string of the molecule is CC(C)Cc1cc(C(=O)N2CCC(=O)NC[C@H]2C)nc(=O)[nH]1. The number of carbonyl (C=O) groups is 2. The molecule has 0 spiro atoms. The van der Waals surface area contributed by atoms with E-state index < -0.39 is 5.69 Å². The number of nitrogens with one attached hydrogen (secondary N) is 2. The fourth-order valence-corrected chi connectivity index (χ4v) is 2.52. The van der Waals surface area contributed by atoms with Crippen LogP contribution in [0.3, 0.4) is 0 Å². The first-order valence-corrected chi connectivity index (χ1v) is 7.54. The first-order chi connectivity index (χ1) is 10.4.